The Morgan fingerprint density at radius 2 is 2.03 bits per heavy atom. The Bertz CT molecular complexity index is 1510. The molecule has 6 rings (SSSR count). The number of pyridine rings is 2. The molecule has 0 fully saturated rings. The van der Waals surface area contributed by atoms with E-state index in [1.807, 2.05) is 23.0 Å². The molecule has 148 valence electrons. The first kappa shape index (κ1) is 17.3. The predicted molar refractivity (Wildman–Crippen MR) is 120 cm³/mol. The summed E-state index contributed by atoms with van der Waals surface area (Å²) in [5.41, 5.74) is 8.58. The third-order valence-corrected chi connectivity index (χ3v) is 6.62. The van der Waals surface area contributed by atoms with Gasteiger partial charge in [0.1, 0.15) is 12.2 Å². The highest BCUT2D eigenvalue weighted by atomic mass is 32.1. The van der Waals surface area contributed by atoms with Gasteiger partial charge in [-0.1, -0.05) is 13.8 Å². The van der Waals surface area contributed by atoms with Crippen molar-refractivity contribution in [1.82, 2.24) is 34.5 Å². The maximum Gasteiger partial charge on any atom is 0.158 e. The highest BCUT2D eigenvalue weighted by molar-refractivity contribution is 7.22. The van der Waals surface area contributed by atoms with Crippen LogP contribution in [0.4, 0.5) is 0 Å². The second-order valence-corrected chi connectivity index (χ2v) is 8.89. The molecular weight excluding hydrogens is 394 g/mol. The van der Waals surface area contributed by atoms with Gasteiger partial charge in [-0.3, -0.25) is 4.98 Å². The average molecular weight is 414 g/mol. The summed E-state index contributed by atoms with van der Waals surface area (Å²) < 4.78 is 3.11. The van der Waals surface area contributed by atoms with Gasteiger partial charge in [0.25, 0.3) is 0 Å². The number of fused-ring (bicyclic) bond motifs is 3. The SMILES string of the molecule is Cc1cc(-c2[nH]c3cc(-c4nc5ccncc5[nH]4)sc3c2C(C)C)cn2ncnc12. The molecular formula is C22H19N7S. The Morgan fingerprint density at radius 1 is 1.13 bits per heavy atom. The molecule has 0 spiro atoms. The van der Waals surface area contributed by atoms with Crippen molar-refractivity contribution in [2.45, 2.75) is 26.7 Å². The lowest BCUT2D eigenvalue weighted by Crippen LogP contribution is -1.95. The van der Waals surface area contributed by atoms with E-state index < -0.39 is 0 Å². The molecule has 6 aromatic heterocycles. The molecule has 0 amide bonds. The lowest BCUT2D eigenvalue weighted by molar-refractivity contribution is 0.878. The highest BCUT2D eigenvalue weighted by Crippen LogP contribution is 2.42. The van der Waals surface area contributed by atoms with Crippen LogP contribution in [0.3, 0.4) is 0 Å². The minimum absolute atomic E-state index is 0.367. The summed E-state index contributed by atoms with van der Waals surface area (Å²) in [7, 11) is 0. The van der Waals surface area contributed by atoms with Gasteiger partial charge in [0.15, 0.2) is 5.65 Å². The van der Waals surface area contributed by atoms with Gasteiger partial charge in [-0.05, 0) is 42.2 Å². The molecule has 0 aromatic carbocycles. The van der Waals surface area contributed by atoms with E-state index in [4.69, 9.17) is 4.98 Å². The van der Waals surface area contributed by atoms with Crippen molar-refractivity contribution in [3.8, 4) is 22.0 Å². The van der Waals surface area contributed by atoms with Crippen LogP contribution >= 0.6 is 11.3 Å². The fourth-order valence-electron chi connectivity index (χ4n) is 4.10. The lowest BCUT2D eigenvalue weighted by atomic mass is 9.99. The predicted octanol–water partition coefficient (Wildman–Crippen LogP) is 5.31. The molecule has 8 heteroatoms. The zero-order valence-electron chi connectivity index (χ0n) is 16.8. The summed E-state index contributed by atoms with van der Waals surface area (Å²) in [5, 5.41) is 4.33. The van der Waals surface area contributed by atoms with Crippen LogP contribution in [0, 0.1) is 6.92 Å². The summed E-state index contributed by atoms with van der Waals surface area (Å²) in [6, 6.07) is 6.29. The van der Waals surface area contributed by atoms with Gasteiger partial charge < -0.3 is 9.97 Å². The molecule has 0 aliphatic rings. The minimum atomic E-state index is 0.367. The molecule has 0 atom stereocenters. The van der Waals surface area contributed by atoms with Gasteiger partial charge in [0.2, 0.25) is 0 Å². The van der Waals surface area contributed by atoms with E-state index in [1.165, 1.54) is 10.3 Å². The van der Waals surface area contributed by atoms with Crippen LogP contribution in [-0.4, -0.2) is 34.5 Å². The van der Waals surface area contributed by atoms with E-state index in [0.717, 1.165) is 49.7 Å². The standard InChI is InChI=1S/C22H19N7S/c1-11(2)18-19(13-6-12(3)22-24-10-25-29(22)9-13)26-15-7-17(30-20(15)18)21-27-14-4-5-23-8-16(14)28-21/h4-11,26H,1-3H3,(H,27,28). The number of rotatable bonds is 3. The molecule has 0 saturated carbocycles. The molecule has 6 aromatic rings. The molecule has 30 heavy (non-hydrogen) atoms. The molecule has 0 aliphatic heterocycles. The topological polar surface area (TPSA) is 87.5 Å². The van der Waals surface area contributed by atoms with Crippen LogP contribution in [0.15, 0.2) is 43.1 Å². The third-order valence-electron chi connectivity index (χ3n) is 5.45. The second-order valence-electron chi connectivity index (χ2n) is 7.84. The fourth-order valence-corrected chi connectivity index (χ4v) is 5.36. The molecule has 7 nitrogen and oxygen atoms in total. The smallest absolute Gasteiger partial charge is 0.158 e. The quantitative estimate of drug-likeness (QED) is 0.412. The number of nitrogens with zero attached hydrogens (tertiary/aromatic N) is 5. The van der Waals surface area contributed by atoms with E-state index in [0.29, 0.717) is 5.92 Å². The molecule has 0 aliphatic carbocycles. The number of aromatic amines is 2. The van der Waals surface area contributed by atoms with Crippen LogP contribution in [0.2, 0.25) is 0 Å². The summed E-state index contributed by atoms with van der Waals surface area (Å²) in [5.74, 6) is 1.25. The molecule has 2 N–H and O–H groups in total. The van der Waals surface area contributed by atoms with Crippen LogP contribution in [0.25, 0.3) is 48.9 Å². The van der Waals surface area contributed by atoms with E-state index in [9.17, 15) is 0 Å². The summed E-state index contributed by atoms with van der Waals surface area (Å²) >= 11 is 1.77. The molecule has 0 unspecified atom stereocenters. The van der Waals surface area contributed by atoms with Gasteiger partial charge in [0.05, 0.1) is 38.0 Å². The number of aromatic nitrogens is 7. The Kier molecular flexibility index (Phi) is 3.61. The first-order valence-corrected chi connectivity index (χ1v) is 10.7. The Hall–Kier alpha value is -3.52. The Morgan fingerprint density at radius 3 is 2.87 bits per heavy atom. The monoisotopic (exact) mass is 413 g/mol. The van der Waals surface area contributed by atoms with Crippen LogP contribution in [0.1, 0.15) is 30.9 Å². The van der Waals surface area contributed by atoms with E-state index in [1.54, 1.807) is 23.9 Å². The number of nitrogens with one attached hydrogen (secondary N) is 2. The molecule has 0 bridgehead atoms. The largest absolute Gasteiger partial charge is 0.354 e. The lowest BCUT2D eigenvalue weighted by Gasteiger charge is -2.09. The second kappa shape index (κ2) is 6.24. The maximum absolute atomic E-state index is 4.74. The fraction of sp³-hybridized carbons (Fsp3) is 0.182. The minimum Gasteiger partial charge on any atom is -0.354 e. The Labute approximate surface area is 175 Å². The highest BCUT2D eigenvalue weighted by Gasteiger charge is 2.21. The van der Waals surface area contributed by atoms with Crippen molar-refractivity contribution in [2.24, 2.45) is 0 Å². The van der Waals surface area contributed by atoms with Crippen molar-refractivity contribution < 1.29 is 0 Å². The van der Waals surface area contributed by atoms with Crippen molar-refractivity contribution in [3.05, 3.63) is 54.2 Å². The third kappa shape index (κ3) is 2.50. The van der Waals surface area contributed by atoms with Crippen LogP contribution in [0.5, 0.6) is 0 Å². The maximum atomic E-state index is 4.74. The summed E-state index contributed by atoms with van der Waals surface area (Å²) in [6.45, 7) is 6.54. The molecule has 0 saturated heterocycles. The van der Waals surface area contributed by atoms with Gasteiger partial charge >= 0.3 is 0 Å². The van der Waals surface area contributed by atoms with Crippen LogP contribution in [-0.2, 0) is 0 Å². The zero-order chi connectivity index (χ0) is 20.4. The van der Waals surface area contributed by atoms with Crippen LogP contribution < -0.4 is 0 Å². The van der Waals surface area contributed by atoms with Crippen molar-refractivity contribution in [1.29, 1.82) is 0 Å². The van der Waals surface area contributed by atoms with Crippen molar-refractivity contribution in [2.75, 3.05) is 0 Å². The summed E-state index contributed by atoms with van der Waals surface area (Å²) in [4.78, 5) is 21.4. The number of hydrogen-bond donors (Lipinski definition) is 2. The molecule has 0 radical (unpaired) electrons. The van der Waals surface area contributed by atoms with E-state index >= 15 is 0 Å². The van der Waals surface area contributed by atoms with E-state index in [-0.39, 0.29) is 0 Å². The first-order chi connectivity index (χ1) is 14.6. The Balaban J connectivity index is 1.53. The van der Waals surface area contributed by atoms with Gasteiger partial charge in [0, 0.05) is 18.0 Å². The number of hydrogen-bond acceptors (Lipinski definition) is 5. The van der Waals surface area contributed by atoms with Gasteiger partial charge in [-0.15, -0.1) is 11.3 Å². The number of thiophene rings is 1. The zero-order valence-corrected chi connectivity index (χ0v) is 17.6. The average Bonchev–Trinajstić information content (AvgIpc) is 3.47. The number of aryl methyl sites for hydroxylation is 1. The molecule has 6 heterocycles. The normalized spacial score (nSPS) is 12.1. The van der Waals surface area contributed by atoms with Crippen molar-refractivity contribution >= 4 is 38.2 Å². The van der Waals surface area contributed by atoms with E-state index in [2.05, 4.69) is 57.9 Å². The van der Waals surface area contributed by atoms with Gasteiger partial charge in [-0.25, -0.2) is 14.5 Å². The van der Waals surface area contributed by atoms with Crippen molar-refractivity contribution in [3.63, 3.8) is 0 Å². The number of imidazole rings is 1. The van der Waals surface area contributed by atoms with Gasteiger partial charge in [-0.2, -0.15) is 5.10 Å². The number of H-pyrrole nitrogens is 2. The summed E-state index contributed by atoms with van der Waals surface area (Å²) in [6.07, 6.45) is 7.22. The first-order valence-electron chi connectivity index (χ1n) is 9.84.